The maximum atomic E-state index is 13.5. The third-order valence-electron chi connectivity index (χ3n) is 5.33. The number of benzene rings is 2. The predicted octanol–water partition coefficient (Wildman–Crippen LogP) is 4.20. The number of carbonyl (C=O) groups is 1. The Morgan fingerprint density at radius 1 is 1.07 bits per heavy atom. The molecular weight excluding hydrogens is 400 g/mol. The molecule has 0 bridgehead atoms. The number of rotatable bonds is 9. The lowest BCUT2D eigenvalue weighted by Crippen LogP contribution is -2.44. The van der Waals surface area contributed by atoms with Gasteiger partial charge in [-0.25, -0.2) is 8.42 Å². The van der Waals surface area contributed by atoms with Crippen molar-refractivity contribution < 1.29 is 17.9 Å². The molecule has 0 aliphatic carbocycles. The minimum absolute atomic E-state index is 0.0349. The number of amides is 1. The summed E-state index contributed by atoms with van der Waals surface area (Å²) < 4.78 is 33.4. The first-order valence-corrected chi connectivity index (χ1v) is 11.5. The molecule has 0 atom stereocenters. The molecule has 7 heteroatoms. The van der Waals surface area contributed by atoms with Gasteiger partial charge >= 0.3 is 0 Å². The van der Waals surface area contributed by atoms with E-state index in [4.69, 9.17) is 4.74 Å². The molecule has 6 nitrogen and oxygen atoms in total. The van der Waals surface area contributed by atoms with E-state index in [1.165, 1.54) is 4.31 Å². The lowest BCUT2D eigenvalue weighted by molar-refractivity contribution is -0.122. The van der Waals surface area contributed by atoms with E-state index >= 15 is 0 Å². The summed E-state index contributed by atoms with van der Waals surface area (Å²) in [6.45, 7) is 9.73. The smallest absolute Gasteiger partial charge is 0.264 e. The summed E-state index contributed by atoms with van der Waals surface area (Å²) in [6, 6.07) is 11.9. The highest BCUT2D eigenvalue weighted by Crippen LogP contribution is 2.27. The van der Waals surface area contributed by atoms with Crippen LogP contribution in [0.1, 0.15) is 44.7 Å². The number of nitrogens with zero attached hydrogens (tertiary/aromatic N) is 1. The summed E-state index contributed by atoms with van der Waals surface area (Å²) in [5, 5.41) is 2.96. The van der Waals surface area contributed by atoms with Crippen LogP contribution in [0, 0.1) is 13.8 Å². The quantitative estimate of drug-likeness (QED) is 0.644. The molecule has 0 saturated heterocycles. The van der Waals surface area contributed by atoms with Crippen LogP contribution in [0.25, 0.3) is 0 Å². The molecule has 0 heterocycles. The topological polar surface area (TPSA) is 75.7 Å². The molecule has 2 aromatic carbocycles. The molecule has 0 fully saturated rings. The van der Waals surface area contributed by atoms with Gasteiger partial charge in [0.15, 0.2) is 0 Å². The van der Waals surface area contributed by atoms with Crippen molar-refractivity contribution >= 4 is 21.6 Å². The molecular formula is C23H32N2O4S. The molecule has 0 spiro atoms. The Kier molecular flexibility index (Phi) is 7.53. The highest BCUT2D eigenvalue weighted by molar-refractivity contribution is 7.92. The third kappa shape index (κ3) is 5.75. The van der Waals surface area contributed by atoms with Crippen LogP contribution in [-0.2, 0) is 14.8 Å². The van der Waals surface area contributed by atoms with E-state index in [2.05, 4.69) is 5.32 Å². The maximum absolute atomic E-state index is 13.5. The SMILES string of the molecule is CCC(C)(C)NC(=O)CCN(c1ccc(OC)cc1)S(=O)(=O)c1ccc(C)c(C)c1. The summed E-state index contributed by atoms with van der Waals surface area (Å²) >= 11 is 0. The van der Waals surface area contributed by atoms with Gasteiger partial charge in [0.05, 0.1) is 17.7 Å². The fourth-order valence-electron chi connectivity index (χ4n) is 2.87. The molecule has 0 aliphatic heterocycles. The summed E-state index contributed by atoms with van der Waals surface area (Å²) in [7, 11) is -2.29. The minimum atomic E-state index is -3.85. The fraction of sp³-hybridized carbons (Fsp3) is 0.435. The van der Waals surface area contributed by atoms with Gasteiger partial charge in [-0.2, -0.15) is 0 Å². The van der Waals surface area contributed by atoms with E-state index in [1.807, 2.05) is 34.6 Å². The Morgan fingerprint density at radius 2 is 1.70 bits per heavy atom. The largest absolute Gasteiger partial charge is 0.497 e. The van der Waals surface area contributed by atoms with Crippen molar-refractivity contribution in [1.29, 1.82) is 0 Å². The highest BCUT2D eigenvalue weighted by Gasteiger charge is 2.27. The number of anilines is 1. The summed E-state index contributed by atoms with van der Waals surface area (Å²) in [4.78, 5) is 12.7. The third-order valence-corrected chi connectivity index (χ3v) is 7.15. The number of sulfonamides is 1. The molecule has 30 heavy (non-hydrogen) atoms. The van der Waals surface area contributed by atoms with Gasteiger partial charge in [-0.15, -0.1) is 0 Å². The Labute approximate surface area is 180 Å². The van der Waals surface area contributed by atoms with E-state index in [1.54, 1.807) is 49.6 Å². The van der Waals surface area contributed by atoms with Crippen molar-refractivity contribution in [2.24, 2.45) is 0 Å². The fourth-order valence-corrected chi connectivity index (χ4v) is 4.42. The van der Waals surface area contributed by atoms with Crippen LogP contribution in [0.5, 0.6) is 5.75 Å². The van der Waals surface area contributed by atoms with Crippen molar-refractivity contribution in [3.8, 4) is 5.75 Å². The number of hydrogen-bond acceptors (Lipinski definition) is 4. The molecule has 2 aromatic rings. The van der Waals surface area contributed by atoms with Crippen molar-refractivity contribution in [3.63, 3.8) is 0 Å². The van der Waals surface area contributed by atoms with Crippen molar-refractivity contribution in [3.05, 3.63) is 53.6 Å². The van der Waals surface area contributed by atoms with E-state index in [-0.39, 0.29) is 29.3 Å². The number of carbonyl (C=O) groups excluding carboxylic acids is 1. The van der Waals surface area contributed by atoms with Gasteiger partial charge in [0.2, 0.25) is 5.91 Å². The van der Waals surface area contributed by atoms with Crippen LogP contribution in [0.3, 0.4) is 0 Å². The number of aryl methyl sites for hydroxylation is 2. The minimum Gasteiger partial charge on any atom is -0.497 e. The van der Waals surface area contributed by atoms with E-state index < -0.39 is 10.0 Å². The van der Waals surface area contributed by atoms with Gasteiger partial charge in [0.25, 0.3) is 10.0 Å². The normalized spacial score (nSPS) is 11.8. The van der Waals surface area contributed by atoms with Crippen molar-refractivity contribution in [2.45, 2.75) is 57.9 Å². The van der Waals surface area contributed by atoms with Gasteiger partial charge in [0, 0.05) is 18.5 Å². The van der Waals surface area contributed by atoms with Crippen molar-refractivity contribution in [2.75, 3.05) is 18.0 Å². The Hall–Kier alpha value is -2.54. The summed E-state index contributed by atoms with van der Waals surface area (Å²) in [5.41, 5.74) is 2.06. The number of ether oxygens (including phenoxy) is 1. The first-order chi connectivity index (χ1) is 14.0. The Bertz CT molecular complexity index is 983. The first-order valence-electron chi connectivity index (χ1n) is 10.0. The lowest BCUT2D eigenvalue weighted by Gasteiger charge is -2.27. The van der Waals surface area contributed by atoms with Crippen molar-refractivity contribution in [1.82, 2.24) is 5.32 Å². The predicted molar refractivity (Wildman–Crippen MR) is 121 cm³/mol. The maximum Gasteiger partial charge on any atom is 0.264 e. The second-order valence-corrected chi connectivity index (χ2v) is 9.92. The average molecular weight is 433 g/mol. The second-order valence-electron chi connectivity index (χ2n) is 8.06. The van der Waals surface area contributed by atoms with Crippen LogP contribution >= 0.6 is 0 Å². The van der Waals surface area contributed by atoms with E-state index in [0.717, 1.165) is 17.5 Å². The molecule has 1 amide bonds. The molecule has 0 saturated carbocycles. The van der Waals surface area contributed by atoms with Crippen LogP contribution < -0.4 is 14.4 Å². The molecule has 1 N–H and O–H groups in total. The molecule has 0 aromatic heterocycles. The van der Waals surface area contributed by atoms with E-state index in [9.17, 15) is 13.2 Å². The first kappa shape index (κ1) is 23.7. The number of nitrogens with one attached hydrogen (secondary N) is 1. The Morgan fingerprint density at radius 3 is 2.23 bits per heavy atom. The average Bonchev–Trinajstić information content (AvgIpc) is 2.70. The number of methoxy groups -OCH3 is 1. The molecule has 2 rings (SSSR count). The van der Waals surface area contributed by atoms with Crippen LogP contribution in [0.15, 0.2) is 47.4 Å². The van der Waals surface area contributed by atoms with E-state index in [0.29, 0.717) is 11.4 Å². The van der Waals surface area contributed by atoms with Crippen LogP contribution in [-0.4, -0.2) is 33.5 Å². The molecule has 0 aliphatic rings. The van der Waals surface area contributed by atoms with Gasteiger partial charge in [-0.05, 0) is 81.6 Å². The zero-order valence-electron chi connectivity index (χ0n) is 18.7. The molecule has 0 unspecified atom stereocenters. The standard InChI is InChI=1S/C23H32N2O4S/c1-7-23(4,5)24-22(26)14-15-25(19-9-11-20(29-6)12-10-19)30(27,28)21-13-8-17(2)18(3)16-21/h8-13,16H,7,14-15H2,1-6H3,(H,24,26). The second kappa shape index (κ2) is 9.51. The van der Waals surface area contributed by atoms with Gasteiger partial charge < -0.3 is 10.1 Å². The lowest BCUT2D eigenvalue weighted by atomic mass is 10.0. The monoisotopic (exact) mass is 432 g/mol. The van der Waals surface area contributed by atoms with Crippen LogP contribution in [0.4, 0.5) is 5.69 Å². The molecule has 164 valence electrons. The van der Waals surface area contributed by atoms with Crippen LogP contribution in [0.2, 0.25) is 0 Å². The Balaban J connectivity index is 2.37. The van der Waals surface area contributed by atoms with Gasteiger partial charge in [-0.1, -0.05) is 13.0 Å². The summed E-state index contributed by atoms with van der Waals surface area (Å²) in [6.07, 6.45) is 0.835. The highest BCUT2D eigenvalue weighted by atomic mass is 32.2. The zero-order chi connectivity index (χ0) is 22.5. The van der Waals surface area contributed by atoms with Gasteiger partial charge in [-0.3, -0.25) is 9.10 Å². The number of hydrogen-bond donors (Lipinski definition) is 1. The van der Waals surface area contributed by atoms with Gasteiger partial charge in [0.1, 0.15) is 5.75 Å². The summed E-state index contributed by atoms with van der Waals surface area (Å²) in [5.74, 6) is 0.445. The molecule has 0 radical (unpaired) electrons. The zero-order valence-corrected chi connectivity index (χ0v) is 19.5.